The third-order valence-corrected chi connectivity index (χ3v) is 6.12. The van der Waals surface area contributed by atoms with Gasteiger partial charge in [-0.2, -0.15) is 0 Å². The smallest absolute Gasteiger partial charge is 0.227 e. The maximum atomic E-state index is 12.9. The second kappa shape index (κ2) is 9.34. The minimum absolute atomic E-state index is 0.0776. The first-order chi connectivity index (χ1) is 13.1. The first-order valence-electron chi connectivity index (χ1n) is 10.5. The van der Waals surface area contributed by atoms with Crippen LogP contribution in [-0.4, -0.2) is 46.7 Å². The normalized spacial score (nSPS) is 21.3. The average molecular weight is 372 g/mol. The Morgan fingerprint density at radius 3 is 2.67 bits per heavy atom. The summed E-state index contributed by atoms with van der Waals surface area (Å²) in [6, 6.07) is 4.08. The van der Waals surface area contributed by atoms with E-state index in [1.54, 1.807) is 4.90 Å². The van der Waals surface area contributed by atoms with Crippen LogP contribution in [0.4, 0.5) is 0 Å². The molecule has 1 atom stereocenters. The average Bonchev–Trinajstić information content (AvgIpc) is 2.70. The van der Waals surface area contributed by atoms with Gasteiger partial charge in [-0.3, -0.25) is 14.6 Å². The van der Waals surface area contributed by atoms with Gasteiger partial charge in [0.15, 0.2) is 0 Å². The van der Waals surface area contributed by atoms with Crippen LogP contribution in [-0.2, 0) is 22.6 Å². The number of hydrogen-bond donors (Lipinski definition) is 0. The number of rotatable bonds is 6. The second-order valence-electron chi connectivity index (χ2n) is 8.24. The number of aromatic nitrogens is 1. The lowest BCUT2D eigenvalue weighted by atomic mass is 9.87. The van der Waals surface area contributed by atoms with Crippen molar-refractivity contribution in [2.45, 2.75) is 64.8 Å². The zero-order valence-corrected chi connectivity index (χ0v) is 16.8. The van der Waals surface area contributed by atoms with Crippen molar-refractivity contribution in [2.24, 2.45) is 11.8 Å². The predicted molar refractivity (Wildman–Crippen MR) is 106 cm³/mol. The third kappa shape index (κ3) is 5.30. The fourth-order valence-corrected chi connectivity index (χ4v) is 4.36. The van der Waals surface area contributed by atoms with Crippen LogP contribution in [0.3, 0.4) is 0 Å². The molecule has 0 bridgehead atoms. The van der Waals surface area contributed by atoms with E-state index in [0.29, 0.717) is 31.8 Å². The van der Waals surface area contributed by atoms with Gasteiger partial charge in [0.1, 0.15) is 0 Å². The summed E-state index contributed by atoms with van der Waals surface area (Å²) in [5.41, 5.74) is 2.12. The number of likely N-dealkylation sites (tertiary alicyclic amines) is 1. The van der Waals surface area contributed by atoms with E-state index in [0.717, 1.165) is 18.7 Å². The highest BCUT2D eigenvalue weighted by atomic mass is 16.2. The minimum Gasteiger partial charge on any atom is -0.342 e. The zero-order chi connectivity index (χ0) is 19.2. The summed E-state index contributed by atoms with van der Waals surface area (Å²) in [7, 11) is 1.85. The maximum Gasteiger partial charge on any atom is 0.227 e. The van der Waals surface area contributed by atoms with E-state index in [2.05, 4.69) is 18.0 Å². The largest absolute Gasteiger partial charge is 0.342 e. The Labute approximate surface area is 163 Å². The molecule has 2 aliphatic rings. The fraction of sp³-hybridized carbons (Fsp3) is 0.682. The molecule has 1 saturated heterocycles. The fourth-order valence-electron chi connectivity index (χ4n) is 4.36. The van der Waals surface area contributed by atoms with Gasteiger partial charge >= 0.3 is 0 Å². The summed E-state index contributed by atoms with van der Waals surface area (Å²) in [5, 5.41) is 0. The van der Waals surface area contributed by atoms with E-state index in [4.69, 9.17) is 0 Å². The highest BCUT2D eigenvalue weighted by Gasteiger charge is 2.33. The van der Waals surface area contributed by atoms with Crippen LogP contribution in [0.5, 0.6) is 0 Å². The summed E-state index contributed by atoms with van der Waals surface area (Å²) in [4.78, 5) is 33.5. The van der Waals surface area contributed by atoms with E-state index in [1.165, 1.54) is 37.7 Å². The molecule has 2 heterocycles. The van der Waals surface area contributed by atoms with Gasteiger partial charge in [-0.05, 0) is 43.2 Å². The highest BCUT2D eigenvalue weighted by Crippen LogP contribution is 2.27. The first kappa shape index (κ1) is 19.8. The molecule has 0 spiro atoms. The molecular weight excluding hydrogens is 338 g/mol. The van der Waals surface area contributed by atoms with Crippen LogP contribution in [0.1, 0.15) is 63.1 Å². The SMILES string of the molecule is CCc1ccc(CN(C)C(=O)C2CCC(=O)N(CC3CCCCC3)C2)nc1. The van der Waals surface area contributed by atoms with Crippen molar-refractivity contribution in [3.63, 3.8) is 0 Å². The number of nitrogens with zero attached hydrogens (tertiary/aromatic N) is 3. The van der Waals surface area contributed by atoms with Gasteiger partial charge in [-0.1, -0.05) is 32.3 Å². The van der Waals surface area contributed by atoms with E-state index >= 15 is 0 Å². The molecule has 5 heteroatoms. The summed E-state index contributed by atoms with van der Waals surface area (Å²) < 4.78 is 0. The predicted octanol–water partition coefficient (Wildman–Crippen LogP) is 3.42. The Kier molecular flexibility index (Phi) is 6.86. The van der Waals surface area contributed by atoms with Gasteiger partial charge < -0.3 is 9.80 Å². The molecule has 1 saturated carbocycles. The van der Waals surface area contributed by atoms with Crippen molar-refractivity contribution < 1.29 is 9.59 Å². The van der Waals surface area contributed by atoms with Gasteiger partial charge in [-0.15, -0.1) is 0 Å². The van der Waals surface area contributed by atoms with Gasteiger partial charge in [0.05, 0.1) is 18.2 Å². The van der Waals surface area contributed by atoms with Crippen LogP contribution < -0.4 is 0 Å². The Balaban J connectivity index is 1.55. The van der Waals surface area contributed by atoms with Crippen LogP contribution in [0, 0.1) is 11.8 Å². The number of aryl methyl sites for hydroxylation is 1. The molecule has 0 radical (unpaired) electrons. The summed E-state index contributed by atoms with van der Waals surface area (Å²) in [6.07, 6.45) is 10.4. The number of carbonyl (C=O) groups excluding carboxylic acids is 2. The Bertz CT molecular complexity index is 637. The Morgan fingerprint density at radius 2 is 2.00 bits per heavy atom. The second-order valence-corrected chi connectivity index (χ2v) is 8.24. The summed E-state index contributed by atoms with van der Waals surface area (Å²) in [6.45, 7) is 4.05. The van der Waals surface area contributed by atoms with Crippen molar-refractivity contribution >= 4 is 11.8 Å². The Morgan fingerprint density at radius 1 is 1.22 bits per heavy atom. The van der Waals surface area contributed by atoms with Crippen LogP contribution >= 0.6 is 0 Å². The molecule has 1 aliphatic carbocycles. The molecule has 2 fully saturated rings. The molecule has 27 heavy (non-hydrogen) atoms. The topological polar surface area (TPSA) is 53.5 Å². The van der Waals surface area contributed by atoms with Gasteiger partial charge in [-0.25, -0.2) is 0 Å². The highest BCUT2D eigenvalue weighted by molar-refractivity contribution is 5.83. The van der Waals surface area contributed by atoms with Crippen molar-refractivity contribution in [2.75, 3.05) is 20.1 Å². The molecule has 148 valence electrons. The molecule has 1 unspecified atom stereocenters. The number of pyridine rings is 1. The lowest BCUT2D eigenvalue weighted by Crippen LogP contribution is -2.47. The van der Waals surface area contributed by atoms with Gasteiger partial charge in [0.25, 0.3) is 0 Å². The van der Waals surface area contributed by atoms with E-state index in [1.807, 2.05) is 24.2 Å². The van der Waals surface area contributed by atoms with Crippen molar-refractivity contribution in [1.29, 1.82) is 0 Å². The molecule has 1 aliphatic heterocycles. The third-order valence-electron chi connectivity index (χ3n) is 6.12. The number of amides is 2. The van der Waals surface area contributed by atoms with Crippen molar-refractivity contribution in [1.82, 2.24) is 14.8 Å². The lowest BCUT2D eigenvalue weighted by Gasteiger charge is -2.36. The molecule has 3 rings (SSSR count). The molecule has 1 aromatic rings. The van der Waals surface area contributed by atoms with E-state index in [9.17, 15) is 9.59 Å². The maximum absolute atomic E-state index is 12.9. The molecule has 0 N–H and O–H groups in total. The monoisotopic (exact) mass is 371 g/mol. The minimum atomic E-state index is -0.0776. The summed E-state index contributed by atoms with van der Waals surface area (Å²) >= 11 is 0. The van der Waals surface area contributed by atoms with Crippen molar-refractivity contribution in [3.05, 3.63) is 29.6 Å². The number of hydrogen-bond acceptors (Lipinski definition) is 3. The molecular formula is C22H33N3O2. The first-order valence-corrected chi connectivity index (χ1v) is 10.5. The number of piperidine rings is 1. The van der Waals surface area contributed by atoms with Gasteiger partial charge in [0, 0.05) is 32.8 Å². The molecule has 0 aromatic carbocycles. The number of carbonyl (C=O) groups is 2. The van der Waals surface area contributed by atoms with Crippen LogP contribution in [0.2, 0.25) is 0 Å². The Hall–Kier alpha value is -1.91. The molecule has 2 amide bonds. The molecule has 5 nitrogen and oxygen atoms in total. The van der Waals surface area contributed by atoms with E-state index in [-0.39, 0.29) is 17.7 Å². The van der Waals surface area contributed by atoms with Crippen molar-refractivity contribution in [3.8, 4) is 0 Å². The van der Waals surface area contributed by atoms with Crippen LogP contribution in [0.25, 0.3) is 0 Å². The lowest BCUT2D eigenvalue weighted by molar-refractivity contribution is -0.143. The standard InChI is InChI=1S/C22H33N3O2/c1-3-17-9-11-20(23-13-17)16-24(2)22(27)19-10-12-21(26)25(15-19)14-18-7-5-4-6-8-18/h9,11,13,18-19H,3-8,10,12,14-16H2,1-2H3. The molecule has 1 aromatic heterocycles. The zero-order valence-electron chi connectivity index (χ0n) is 16.8. The van der Waals surface area contributed by atoms with Crippen LogP contribution in [0.15, 0.2) is 18.3 Å². The quantitative estimate of drug-likeness (QED) is 0.770. The van der Waals surface area contributed by atoms with Gasteiger partial charge in [0.2, 0.25) is 11.8 Å². The summed E-state index contributed by atoms with van der Waals surface area (Å²) in [5.74, 6) is 0.906. The van der Waals surface area contributed by atoms with E-state index < -0.39 is 0 Å².